The summed E-state index contributed by atoms with van der Waals surface area (Å²) < 4.78 is 7.85. The van der Waals surface area contributed by atoms with E-state index in [-0.39, 0.29) is 5.43 Å². The molecule has 3 aromatic rings. The zero-order valence-electron chi connectivity index (χ0n) is 11.9. The Kier molecular flexibility index (Phi) is 3.16. The van der Waals surface area contributed by atoms with Gasteiger partial charge in [-0.1, -0.05) is 29.8 Å². The van der Waals surface area contributed by atoms with Gasteiger partial charge in [0.05, 0.1) is 17.7 Å². The summed E-state index contributed by atoms with van der Waals surface area (Å²) >= 11 is 6.16. The van der Waals surface area contributed by atoms with Gasteiger partial charge in [-0.2, -0.15) is 0 Å². The van der Waals surface area contributed by atoms with Gasteiger partial charge < -0.3 is 4.74 Å². The van der Waals surface area contributed by atoms with Crippen molar-refractivity contribution >= 4 is 22.5 Å². The lowest BCUT2D eigenvalue weighted by atomic mass is 10.0. The van der Waals surface area contributed by atoms with E-state index in [1.807, 2.05) is 41.0 Å². The third kappa shape index (κ3) is 2.01. The smallest absolute Gasteiger partial charge is 0.205 e. The van der Waals surface area contributed by atoms with E-state index in [0.29, 0.717) is 22.9 Å². The largest absolute Gasteiger partial charge is 0.478 e. The molecule has 22 heavy (non-hydrogen) atoms. The Morgan fingerprint density at radius 2 is 1.91 bits per heavy atom. The molecule has 0 saturated heterocycles. The zero-order chi connectivity index (χ0) is 15.1. The van der Waals surface area contributed by atoms with Crippen LogP contribution in [0.1, 0.15) is 12.0 Å². The summed E-state index contributed by atoms with van der Waals surface area (Å²) in [6.07, 6.45) is 1.62. The molecule has 0 saturated carbocycles. The van der Waals surface area contributed by atoms with Crippen LogP contribution in [-0.4, -0.2) is 11.2 Å². The fourth-order valence-electron chi connectivity index (χ4n) is 3.01. The number of benzene rings is 2. The average Bonchev–Trinajstić information content (AvgIpc) is 2.56. The fraction of sp³-hybridized carbons (Fsp3) is 0.167. The monoisotopic (exact) mass is 311 g/mol. The van der Waals surface area contributed by atoms with Gasteiger partial charge in [0, 0.05) is 16.1 Å². The van der Waals surface area contributed by atoms with E-state index in [2.05, 4.69) is 0 Å². The molecule has 0 spiro atoms. The molecule has 2 aromatic carbocycles. The van der Waals surface area contributed by atoms with Gasteiger partial charge in [0.1, 0.15) is 0 Å². The Labute approximate surface area is 132 Å². The lowest BCUT2D eigenvalue weighted by Crippen LogP contribution is -2.23. The molecule has 0 atom stereocenters. The summed E-state index contributed by atoms with van der Waals surface area (Å²) in [5.41, 5.74) is 2.55. The van der Waals surface area contributed by atoms with Gasteiger partial charge in [0.2, 0.25) is 5.88 Å². The van der Waals surface area contributed by atoms with E-state index in [0.717, 1.165) is 29.6 Å². The van der Waals surface area contributed by atoms with Crippen molar-refractivity contribution in [2.45, 2.75) is 12.8 Å². The van der Waals surface area contributed by atoms with Crippen molar-refractivity contribution in [2.24, 2.45) is 0 Å². The van der Waals surface area contributed by atoms with Crippen LogP contribution in [0.25, 0.3) is 16.6 Å². The Balaban J connectivity index is 2.19. The number of nitrogens with zero attached hydrogens (tertiary/aromatic N) is 1. The molecule has 0 unspecified atom stereocenters. The molecular formula is C18H14ClNO2. The van der Waals surface area contributed by atoms with Crippen LogP contribution in [0.5, 0.6) is 5.88 Å². The number of fused-ring (bicyclic) bond motifs is 2. The Bertz CT molecular complexity index is 916. The molecule has 0 N–H and O–H groups in total. The molecule has 0 radical (unpaired) electrons. The number of rotatable bonds is 1. The van der Waals surface area contributed by atoms with Crippen LogP contribution in [0.15, 0.2) is 53.3 Å². The molecule has 1 aliphatic rings. The first-order chi connectivity index (χ1) is 10.8. The summed E-state index contributed by atoms with van der Waals surface area (Å²) in [5, 5.41) is 1.28. The molecule has 0 fully saturated rings. The van der Waals surface area contributed by atoms with Crippen molar-refractivity contribution in [3.8, 4) is 11.6 Å². The van der Waals surface area contributed by atoms with Crippen LogP contribution in [0.2, 0.25) is 5.02 Å². The highest BCUT2D eigenvalue weighted by Gasteiger charge is 2.22. The van der Waals surface area contributed by atoms with Crippen LogP contribution in [0.4, 0.5) is 0 Å². The number of hydrogen-bond acceptors (Lipinski definition) is 2. The van der Waals surface area contributed by atoms with Crippen molar-refractivity contribution in [3.63, 3.8) is 0 Å². The lowest BCUT2D eigenvalue weighted by molar-refractivity contribution is 0.270. The second kappa shape index (κ2) is 5.18. The van der Waals surface area contributed by atoms with Crippen molar-refractivity contribution in [1.29, 1.82) is 0 Å². The minimum absolute atomic E-state index is 0.0496. The topological polar surface area (TPSA) is 31.2 Å². The van der Waals surface area contributed by atoms with Crippen LogP contribution in [0.3, 0.4) is 0 Å². The van der Waals surface area contributed by atoms with Crippen LogP contribution >= 0.6 is 11.6 Å². The predicted molar refractivity (Wildman–Crippen MR) is 88.4 cm³/mol. The Morgan fingerprint density at radius 1 is 1.09 bits per heavy atom. The zero-order valence-corrected chi connectivity index (χ0v) is 12.6. The Morgan fingerprint density at radius 3 is 2.73 bits per heavy atom. The van der Waals surface area contributed by atoms with Crippen molar-refractivity contribution in [2.75, 3.05) is 6.61 Å². The molecule has 110 valence electrons. The second-order valence-corrected chi connectivity index (χ2v) is 5.83. The summed E-state index contributed by atoms with van der Waals surface area (Å²) in [6, 6.07) is 15.3. The average molecular weight is 312 g/mol. The minimum Gasteiger partial charge on any atom is -0.478 e. The molecule has 0 amide bonds. The quantitative estimate of drug-likeness (QED) is 0.681. The third-order valence-electron chi connectivity index (χ3n) is 4.00. The molecular weight excluding hydrogens is 298 g/mol. The first kappa shape index (κ1) is 13.4. The lowest BCUT2D eigenvalue weighted by Gasteiger charge is -2.23. The number of halogens is 1. The first-order valence-electron chi connectivity index (χ1n) is 7.31. The minimum atomic E-state index is 0.0496. The highest BCUT2D eigenvalue weighted by molar-refractivity contribution is 6.31. The molecule has 1 aromatic heterocycles. The molecule has 0 aliphatic carbocycles. The second-order valence-electron chi connectivity index (χ2n) is 5.40. The van der Waals surface area contributed by atoms with Gasteiger partial charge in [-0.15, -0.1) is 0 Å². The number of aromatic nitrogens is 1. The summed E-state index contributed by atoms with van der Waals surface area (Å²) in [4.78, 5) is 12.7. The highest BCUT2D eigenvalue weighted by Crippen LogP contribution is 2.31. The maximum absolute atomic E-state index is 12.7. The molecule has 4 rings (SSSR count). The molecule has 4 heteroatoms. The maximum Gasteiger partial charge on any atom is 0.205 e. The van der Waals surface area contributed by atoms with Crippen molar-refractivity contribution < 1.29 is 4.74 Å². The van der Waals surface area contributed by atoms with E-state index >= 15 is 0 Å². The van der Waals surface area contributed by atoms with Gasteiger partial charge >= 0.3 is 0 Å². The number of pyridine rings is 1. The van der Waals surface area contributed by atoms with E-state index in [1.54, 1.807) is 12.1 Å². The Hall–Kier alpha value is -2.26. The maximum atomic E-state index is 12.7. The number of para-hydroxylation sites is 1. The standard InChI is InChI=1S/C18H14ClNO2/c19-12-8-9-14-16(11-12)20(13-5-2-1-3-6-13)18-15(17(14)21)7-4-10-22-18/h1-3,5-6,8-9,11H,4,7,10H2. The molecule has 0 bridgehead atoms. The van der Waals surface area contributed by atoms with Crippen molar-refractivity contribution in [3.05, 3.63) is 69.3 Å². The summed E-state index contributed by atoms with van der Waals surface area (Å²) in [7, 11) is 0. The number of hydrogen-bond donors (Lipinski definition) is 0. The van der Waals surface area contributed by atoms with E-state index in [9.17, 15) is 4.79 Å². The van der Waals surface area contributed by atoms with Gasteiger partial charge in [0.25, 0.3) is 0 Å². The van der Waals surface area contributed by atoms with E-state index in [1.165, 1.54) is 0 Å². The van der Waals surface area contributed by atoms with Crippen LogP contribution in [0, 0.1) is 0 Å². The number of ether oxygens (including phenoxy) is 1. The van der Waals surface area contributed by atoms with Gasteiger partial charge in [-0.25, -0.2) is 0 Å². The van der Waals surface area contributed by atoms with E-state index in [4.69, 9.17) is 16.3 Å². The highest BCUT2D eigenvalue weighted by atomic mass is 35.5. The molecule has 3 nitrogen and oxygen atoms in total. The van der Waals surface area contributed by atoms with Crippen LogP contribution in [-0.2, 0) is 6.42 Å². The molecule has 2 heterocycles. The van der Waals surface area contributed by atoms with Crippen LogP contribution < -0.4 is 10.2 Å². The SMILES string of the molecule is O=c1c2c(n(-c3ccccc3)c3cc(Cl)ccc13)OCCC2. The third-order valence-corrected chi connectivity index (χ3v) is 4.24. The van der Waals surface area contributed by atoms with Gasteiger partial charge in [0.15, 0.2) is 5.43 Å². The van der Waals surface area contributed by atoms with Gasteiger partial charge in [-0.3, -0.25) is 9.36 Å². The first-order valence-corrected chi connectivity index (χ1v) is 7.69. The van der Waals surface area contributed by atoms with E-state index < -0.39 is 0 Å². The summed E-state index contributed by atoms with van der Waals surface area (Å²) in [5.74, 6) is 0.650. The predicted octanol–water partition coefficient (Wildman–Crippen LogP) is 3.97. The van der Waals surface area contributed by atoms with Crippen molar-refractivity contribution in [1.82, 2.24) is 4.57 Å². The molecule has 1 aliphatic heterocycles. The fourth-order valence-corrected chi connectivity index (χ4v) is 3.18. The summed E-state index contributed by atoms with van der Waals surface area (Å²) in [6.45, 7) is 0.630. The van der Waals surface area contributed by atoms with Gasteiger partial charge in [-0.05, 0) is 43.2 Å². The normalized spacial score (nSPS) is 13.7.